The van der Waals surface area contributed by atoms with Crippen molar-refractivity contribution in [2.45, 2.75) is 0 Å². The first-order valence-corrected chi connectivity index (χ1v) is 7.37. The Bertz CT molecular complexity index is 530. The minimum Gasteiger partial charge on any atom is -0.352 e. The maximum atomic E-state index is 11.9. The molecule has 0 aromatic heterocycles. The summed E-state index contributed by atoms with van der Waals surface area (Å²) < 4.78 is 0. The van der Waals surface area contributed by atoms with E-state index in [4.69, 9.17) is 34.8 Å². The second-order valence-corrected chi connectivity index (χ2v) is 5.72. The number of carbonyl (C=O) groups is 2. The van der Waals surface area contributed by atoms with Crippen LogP contribution in [0.1, 0.15) is 10.4 Å². The normalized spacial score (nSPS) is 14.8. The number of alkyl halides is 1. The number of carbonyl (C=O) groups excluding carboxylic acids is 2. The van der Waals surface area contributed by atoms with Gasteiger partial charge in [0, 0.05) is 31.1 Å². The van der Waals surface area contributed by atoms with E-state index in [2.05, 4.69) is 5.32 Å². The minimum atomic E-state index is -0.203. The number of hydrogen-bond donors (Lipinski definition) is 1. The number of benzene rings is 1. The number of likely N-dealkylation sites (tertiary alicyclic amines) is 1. The fourth-order valence-electron chi connectivity index (χ4n) is 1.96. The largest absolute Gasteiger partial charge is 0.352 e. The van der Waals surface area contributed by atoms with Crippen LogP contribution in [0, 0.1) is 5.92 Å². The van der Waals surface area contributed by atoms with Gasteiger partial charge >= 0.3 is 0 Å². The summed E-state index contributed by atoms with van der Waals surface area (Å²) in [7, 11) is 0. The van der Waals surface area contributed by atoms with Crippen molar-refractivity contribution >= 4 is 46.6 Å². The molecule has 1 aliphatic rings. The van der Waals surface area contributed by atoms with Crippen molar-refractivity contribution < 1.29 is 9.59 Å². The van der Waals surface area contributed by atoms with E-state index in [1.807, 2.05) is 0 Å². The van der Waals surface area contributed by atoms with Crippen LogP contribution in [0.3, 0.4) is 0 Å². The smallest absolute Gasteiger partial charge is 0.251 e. The second-order valence-electron chi connectivity index (χ2n) is 4.64. The van der Waals surface area contributed by atoms with Crippen molar-refractivity contribution in [3.63, 3.8) is 0 Å². The number of nitrogens with one attached hydrogen (secondary N) is 1. The van der Waals surface area contributed by atoms with Crippen molar-refractivity contribution in [3.8, 4) is 0 Å². The van der Waals surface area contributed by atoms with Crippen LogP contribution in [0.2, 0.25) is 10.0 Å². The highest BCUT2D eigenvalue weighted by atomic mass is 35.5. The first-order valence-electron chi connectivity index (χ1n) is 6.08. The summed E-state index contributed by atoms with van der Waals surface area (Å²) in [5.74, 6) is 0.000762. The summed E-state index contributed by atoms with van der Waals surface area (Å²) in [6.07, 6.45) is 0. The van der Waals surface area contributed by atoms with Crippen LogP contribution < -0.4 is 5.32 Å². The molecule has 2 rings (SSSR count). The first-order chi connectivity index (χ1) is 9.51. The number of amides is 2. The Morgan fingerprint density at radius 3 is 2.55 bits per heavy atom. The van der Waals surface area contributed by atoms with Gasteiger partial charge in [0.1, 0.15) is 5.88 Å². The van der Waals surface area contributed by atoms with Gasteiger partial charge in [0.25, 0.3) is 5.91 Å². The van der Waals surface area contributed by atoms with E-state index in [0.29, 0.717) is 35.2 Å². The summed E-state index contributed by atoms with van der Waals surface area (Å²) >= 11 is 17.1. The molecular formula is C13H13Cl3N2O2. The molecule has 1 aromatic rings. The SMILES string of the molecule is O=C(NCC1CN(C(=O)CCl)C1)c1ccc(Cl)c(Cl)c1. The molecule has 1 N–H and O–H groups in total. The Kier molecular flexibility index (Phi) is 5.13. The van der Waals surface area contributed by atoms with Gasteiger partial charge in [-0.1, -0.05) is 23.2 Å². The number of nitrogens with zero attached hydrogens (tertiary/aromatic N) is 1. The lowest BCUT2D eigenvalue weighted by Gasteiger charge is -2.39. The van der Waals surface area contributed by atoms with E-state index in [-0.39, 0.29) is 23.6 Å². The van der Waals surface area contributed by atoms with Gasteiger partial charge in [-0.25, -0.2) is 0 Å². The van der Waals surface area contributed by atoms with Crippen molar-refractivity contribution in [2.24, 2.45) is 5.92 Å². The second kappa shape index (κ2) is 6.66. The number of rotatable bonds is 4. The van der Waals surface area contributed by atoms with Crippen molar-refractivity contribution in [1.29, 1.82) is 0 Å². The molecule has 0 aliphatic carbocycles. The Morgan fingerprint density at radius 1 is 1.25 bits per heavy atom. The van der Waals surface area contributed by atoms with Gasteiger partial charge in [-0.15, -0.1) is 11.6 Å². The van der Waals surface area contributed by atoms with E-state index in [9.17, 15) is 9.59 Å². The molecule has 0 radical (unpaired) electrons. The Labute approximate surface area is 132 Å². The van der Waals surface area contributed by atoms with Crippen LogP contribution in [-0.4, -0.2) is 42.2 Å². The average molecular weight is 336 g/mol. The van der Waals surface area contributed by atoms with E-state index >= 15 is 0 Å². The molecule has 108 valence electrons. The van der Waals surface area contributed by atoms with E-state index in [0.717, 1.165) is 0 Å². The average Bonchev–Trinajstić information content (AvgIpc) is 2.39. The zero-order valence-electron chi connectivity index (χ0n) is 10.5. The van der Waals surface area contributed by atoms with Gasteiger partial charge in [-0.2, -0.15) is 0 Å². The number of hydrogen-bond acceptors (Lipinski definition) is 2. The third-order valence-electron chi connectivity index (χ3n) is 3.16. The fourth-order valence-corrected chi connectivity index (χ4v) is 2.43. The van der Waals surface area contributed by atoms with E-state index in [1.54, 1.807) is 17.0 Å². The lowest BCUT2D eigenvalue weighted by molar-refractivity contribution is -0.134. The molecule has 1 aromatic carbocycles. The molecule has 0 spiro atoms. The van der Waals surface area contributed by atoms with Gasteiger partial charge < -0.3 is 10.2 Å². The third kappa shape index (κ3) is 3.57. The highest BCUT2D eigenvalue weighted by Crippen LogP contribution is 2.22. The van der Waals surface area contributed by atoms with Crippen molar-refractivity contribution in [2.75, 3.05) is 25.5 Å². The van der Waals surface area contributed by atoms with Crippen LogP contribution in [0.15, 0.2) is 18.2 Å². The Hall–Kier alpha value is -0.970. The Morgan fingerprint density at radius 2 is 1.95 bits per heavy atom. The summed E-state index contributed by atoms with van der Waals surface area (Å²) in [6, 6.07) is 4.74. The van der Waals surface area contributed by atoms with Crippen LogP contribution >= 0.6 is 34.8 Å². The van der Waals surface area contributed by atoms with E-state index < -0.39 is 0 Å². The lowest BCUT2D eigenvalue weighted by atomic mass is 10.00. The zero-order chi connectivity index (χ0) is 14.7. The molecule has 4 nitrogen and oxygen atoms in total. The van der Waals surface area contributed by atoms with Gasteiger partial charge in [-0.05, 0) is 18.2 Å². The quantitative estimate of drug-likeness (QED) is 0.859. The minimum absolute atomic E-state index is 0.00233. The maximum Gasteiger partial charge on any atom is 0.251 e. The van der Waals surface area contributed by atoms with Crippen LogP contribution in [0.25, 0.3) is 0 Å². The molecule has 7 heteroatoms. The summed E-state index contributed by atoms with van der Waals surface area (Å²) in [5.41, 5.74) is 0.465. The predicted molar refractivity (Wildman–Crippen MR) is 79.6 cm³/mol. The molecule has 2 amide bonds. The topological polar surface area (TPSA) is 49.4 Å². The fraction of sp³-hybridized carbons (Fsp3) is 0.385. The van der Waals surface area contributed by atoms with Gasteiger partial charge in [-0.3, -0.25) is 9.59 Å². The maximum absolute atomic E-state index is 11.9. The molecule has 20 heavy (non-hydrogen) atoms. The molecule has 0 saturated carbocycles. The molecule has 1 heterocycles. The van der Waals surface area contributed by atoms with Gasteiger partial charge in [0.2, 0.25) is 5.91 Å². The van der Waals surface area contributed by atoms with Gasteiger partial charge in [0.15, 0.2) is 0 Å². The Balaban J connectivity index is 1.79. The molecule has 1 fully saturated rings. The summed E-state index contributed by atoms with van der Waals surface area (Å²) in [6.45, 7) is 1.78. The summed E-state index contributed by atoms with van der Waals surface area (Å²) in [4.78, 5) is 24.8. The molecule has 0 unspecified atom stereocenters. The molecule has 0 bridgehead atoms. The van der Waals surface area contributed by atoms with Gasteiger partial charge in [0.05, 0.1) is 10.0 Å². The predicted octanol–water partition coefficient (Wildman–Crippen LogP) is 2.42. The van der Waals surface area contributed by atoms with Crippen molar-refractivity contribution in [3.05, 3.63) is 33.8 Å². The molecule has 1 saturated heterocycles. The highest BCUT2D eigenvalue weighted by molar-refractivity contribution is 6.42. The van der Waals surface area contributed by atoms with E-state index in [1.165, 1.54) is 6.07 Å². The van der Waals surface area contributed by atoms with Crippen LogP contribution in [0.4, 0.5) is 0 Å². The van der Waals surface area contributed by atoms with Crippen LogP contribution in [-0.2, 0) is 4.79 Å². The number of halogens is 3. The van der Waals surface area contributed by atoms with Crippen LogP contribution in [0.5, 0.6) is 0 Å². The monoisotopic (exact) mass is 334 g/mol. The lowest BCUT2D eigenvalue weighted by Crippen LogP contribution is -2.54. The third-order valence-corrected chi connectivity index (χ3v) is 4.12. The zero-order valence-corrected chi connectivity index (χ0v) is 12.8. The molecule has 0 atom stereocenters. The summed E-state index contributed by atoms with van der Waals surface area (Å²) in [5, 5.41) is 3.58. The standard InChI is InChI=1S/C13H13Cl3N2O2/c14-4-12(19)18-6-8(7-18)5-17-13(20)9-1-2-10(15)11(16)3-9/h1-3,8H,4-7H2,(H,17,20). The first kappa shape index (κ1) is 15.4. The molecular weight excluding hydrogens is 323 g/mol. The van der Waals surface area contributed by atoms with Crippen molar-refractivity contribution in [1.82, 2.24) is 10.2 Å². The molecule has 1 aliphatic heterocycles. The highest BCUT2D eigenvalue weighted by Gasteiger charge is 2.30.